The first-order valence-electron chi connectivity index (χ1n) is 8.52. The fourth-order valence-corrected chi connectivity index (χ4v) is 3.28. The topological polar surface area (TPSA) is 83.3 Å². The molecule has 136 valence electrons. The van der Waals surface area contributed by atoms with Crippen molar-refractivity contribution >= 4 is 17.7 Å². The Morgan fingerprint density at radius 2 is 1.48 bits per heavy atom. The Labute approximate surface area is 146 Å². The van der Waals surface area contributed by atoms with E-state index in [4.69, 9.17) is 9.15 Å². The molecule has 0 N–H and O–H groups in total. The maximum Gasteiger partial charge on any atom is 0.312 e. The maximum atomic E-state index is 12.5. The standard InChI is InChI=1S/C17H23N3O5/c1-12-10-20(11-13(2)25-12)17(23)16(22)19-7-5-18(6-8-19)15(21)14-4-3-9-24-14/h3-4,9,12-13H,5-8,10-11H2,1-2H3. The van der Waals surface area contributed by atoms with Crippen LogP contribution in [0.5, 0.6) is 0 Å². The zero-order chi connectivity index (χ0) is 18.0. The second-order valence-corrected chi connectivity index (χ2v) is 6.53. The lowest BCUT2D eigenvalue weighted by atomic mass is 10.2. The van der Waals surface area contributed by atoms with Crippen molar-refractivity contribution in [3.63, 3.8) is 0 Å². The van der Waals surface area contributed by atoms with Gasteiger partial charge in [-0.3, -0.25) is 14.4 Å². The molecule has 2 unspecified atom stereocenters. The summed E-state index contributed by atoms with van der Waals surface area (Å²) in [6, 6.07) is 3.28. The number of carbonyl (C=O) groups excluding carboxylic acids is 3. The lowest BCUT2D eigenvalue weighted by molar-refractivity contribution is -0.159. The summed E-state index contributed by atoms with van der Waals surface area (Å²) >= 11 is 0. The number of morpholine rings is 1. The summed E-state index contributed by atoms with van der Waals surface area (Å²) in [5.74, 6) is -0.911. The first-order chi connectivity index (χ1) is 12.0. The average molecular weight is 349 g/mol. The molecule has 2 aliphatic rings. The van der Waals surface area contributed by atoms with Gasteiger partial charge < -0.3 is 23.9 Å². The van der Waals surface area contributed by atoms with Gasteiger partial charge in [0.05, 0.1) is 18.5 Å². The molecule has 0 bridgehead atoms. The lowest BCUT2D eigenvalue weighted by Gasteiger charge is -2.38. The number of nitrogens with zero attached hydrogens (tertiary/aromatic N) is 3. The quantitative estimate of drug-likeness (QED) is 0.677. The minimum atomic E-state index is -0.508. The molecule has 0 spiro atoms. The Morgan fingerprint density at radius 1 is 0.920 bits per heavy atom. The molecular weight excluding hydrogens is 326 g/mol. The van der Waals surface area contributed by atoms with E-state index in [2.05, 4.69) is 0 Å². The highest BCUT2D eigenvalue weighted by Gasteiger charge is 2.34. The largest absolute Gasteiger partial charge is 0.459 e. The number of hydrogen-bond donors (Lipinski definition) is 0. The average Bonchev–Trinajstić information content (AvgIpc) is 3.14. The minimum Gasteiger partial charge on any atom is -0.459 e. The van der Waals surface area contributed by atoms with Crippen LogP contribution in [-0.2, 0) is 14.3 Å². The monoisotopic (exact) mass is 349 g/mol. The highest BCUT2D eigenvalue weighted by Crippen LogP contribution is 2.13. The van der Waals surface area contributed by atoms with Crippen molar-refractivity contribution < 1.29 is 23.5 Å². The summed E-state index contributed by atoms with van der Waals surface area (Å²) in [5, 5.41) is 0. The van der Waals surface area contributed by atoms with Crippen molar-refractivity contribution in [3.05, 3.63) is 24.2 Å². The highest BCUT2D eigenvalue weighted by molar-refractivity contribution is 6.35. The van der Waals surface area contributed by atoms with Crippen LogP contribution in [0.3, 0.4) is 0 Å². The van der Waals surface area contributed by atoms with E-state index in [1.807, 2.05) is 13.8 Å². The smallest absolute Gasteiger partial charge is 0.312 e. The molecule has 2 fully saturated rings. The summed E-state index contributed by atoms with van der Waals surface area (Å²) < 4.78 is 10.7. The van der Waals surface area contributed by atoms with E-state index in [9.17, 15) is 14.4 Å². The molecule has 2 saturated heterocycles. The first-order valence-corrected chi connectivity index (χ1v) is 8.52. The summed E-state index contributed by atoms with van der Waals surface area (Å²) in [4.78, 5) is 41.9. The van der Waals surface area contributed by atoms with E-state index in [0.717, 1.165) is 0 Å². The highest BCUT2D eigenvalue weighted by atomic mass is 16.5. The normalized spacial score (nSPS) is 24.3. The predicted molar refractivity (Wildman–Crippen MR) is 87.8 cm³/mol. The zero-order valence-electron chi connectivity index (χ0n) is 14.5. The molecule has 0 aromatic carbocycles. The van der Waals surface area contributed by atoms with Gasteiger partial charge in [0.25, 0.3) is 5.91 Å². The number of rotatable bonds is 1. The molecule has 0 aliphatic carbocycles. The SMILES string of the molecule is CC1CN(C(=O)C(=O)N2CCN(C(=O)c3ccco3)CC2)CC(C)O1. The van der Waals surface area contributed by atoms with E-state index < -0.39 is 11.8 Å². The fourth-order valence-electron chi connectivity index (χ4n) is 3.28. The number of amides is 3. The van der Waals surface area contributed by atoms with Gasteiger partial charge in [0.15, 0.2) is 5.76 Å². The van der Waals surface area contributed by atoms with Crippen LogP contribution < -0.4 is 0 Å². The number of piperazine rings is 1. The number of hydrogen-bond acceptors (Lipinski definition) is 5. The molecule has 0 radical (unpaired) electrons. The van der Waals surface area contributed by atoms with Crippen LogP contribution in [0, 0.1) is 0 Å². The lowest BCUT2D eigenvalue weighted by Crippen LogP contribution is -2.57. The summed E-state index contributed by atoms with van der Waals surface area (Å²) in [5.41, 5.74) is 0. The van der Waals surface area contributed by atoms with Crippen LogP contribution in [0.15, 0.2) is 22.8 Å². The predicted octanol–water partition coefficient (Wildman–Crippen LogP) is 0.200. The van der Waals surface area contributed by atoms with Crippen LogP contribution in [0.4, 0.5) is 0 Å². The van der Waals surface area contributed by atoms with Crippen LogP contribution >= 0.6 is 0 Å². The Kier molecular flexibility index (Phi) is 5.08. The molecule has 3 amide bonds. The molecule has 2 aliphatic heterocycles. The van der Waals surface area contributed by atoms with E-state index in [1.54, 1.807) is 21.9 Å². The van der Waals surface area contributed by atoms with Gasteiger partial charge in [-0.25, -0.2) is 0 Å². The Bertz CT molecular complexity index is 627. The fraction of sp³-hybridized carbons (Fsp3) is 0.588. The van der Waals surface area contributed by atoms with Crippen molar-refractivity contribution in [3.8, 4) is 0 Å². The van der Waals surface area contributed by atoms with Crippen molar-refractivity contribution in [1.29, 1.82) is 0 Å². The van der Waals surface area contributed by atoms with Gasteiger partial charge in [0.1, 0.15) is 0 Å². The van der Waals surface area contributed by atoms with Crippen LogP contribution in [0.1, 0.15) is 24.4 Å². The van der Waals surface area contributed by atoms with Crippen LogP contribution in [-0.4, -0.2) is 83.9 Å². The zero-order valence-corrected chi connectivity index (χ0v) is 14.5. The molecule has 1 aromatic heterocycles. The molecule has 1 aromatic rings. The third kappa shape index (κ3) is 3.84. The second kappa shape index (κ2) is 7.26. The second-order valence-electron chi connectivity index (χ2n) is 6.53. The van der Waals surface area contributed by atoms with E-state index in [-0.39, 0.29) is 23.9 Å². The van der Waals surface area contributed by atoms with Gasteiger partial charge in [-0.05, 0) is 26.0 Å². The van der Waals surface area contributed by atoms with Crippen molar-refractivity contribution in [2.45, 2.75) is 26.1 Å². The molecule has 3 rings (SSSR count). The van der Waals surface area contributed by atoms with Crippen molar-refractivity contribution in [2.24, 2.45) is 0 Å². The van der Waals surface area contributed by atoms with Gasteiger partial charge in [0.2, 0.25) is 0 Å². The number of ether oxygens (including phenoxy) is 1. The van der Waals surface area contributed by atoms with Crippen molar-refractivity contribution in [2.75, 3.05) is 39.3 Å². The van der Waals surface area contributed by atoms with E-state index in [1.165, 1.54) is 11.2 Å². The van der Waals surface area contributed by atoms with Gasteiger partial charge in [0, 0.05) is 39.3 Å². The molecule has 3 heterocycles. The van der Waals surface area contributed by atoms with Gasteiger partial charge in [-0.15, -0.1) is 0 Å². The Hall–Kier alpha value is -2.35. The summed E-state index contributed by atoms with van der Waals surface area (Å²) in [7, 11) is 0. The van der Waals surface area contributed by atoms with Crippen LogP contribution in [0.2, 0.25) is 0 Å². The molecule has 8 nitrogen and oxygen atoms in total. The summed E-state index contributed by atoms with van der Waals surface area (Å²) in [6.07, 6.45) is 1.29. The molecule has 8 heteroatoms. The van der Waals surface area contributed by atoms with Gasteiger partial charge in [-0.1, -0.05) is 0 Å². The molecule has 2 atom stereocenters. The van der Waals surface area contributed by atoms with Gasteiger partial charge in [-0.2, -0.15) is 0 Å². The molecular formula is C17H23N3O5. The minimum absolute atomic E-state index is 0.0803. The third-order valence-electron chi connectivity index (χ3n) is 4.48. The Balaban J connectivity index is 1.54. The summed E-state index contributed by atoms with van der Waals surface area (Å²) in [6.45, 7) is 6.07. The number of furan rings is 1. The van der Waals surface area contributed by atoms with E-state index in [0.29, 0.717) is 39.3 Å². The third-order valence-corrected chi connectivity index (χ3v) is 4.48. The van der Waals surface area contributed by atoms with E-state index >= 15 is 0 Å². The van der Waals surface area contributed by atoms with Gasteiger partial charge >= 0.3 is 11.8 Å². The number of carbonyl (C=O) groups is 3. The first kappa shape index (κ1) is 17.5. The molecule has 25 heavy (non-hydrogen) atoms. The molecule has 0 saturated carbocycles. The maximum absolute atomic E-state index is 12.5. The van der Waals surface area contributed by atoms with Crippen molar-refractivity contribution in [1.82, 2.24) is 14.7 Å². The Morgan fingerprint density at radius 3 is 2.04 bits per heavy atom. The van der Waals surface area contributed by atoms with Crippen LogP contribution in [0.25, 0.3) is 0 Å².